The van der Waals surface area contributed by atoms with Crippen LogP contribution in [0, 0.1) is 0 Å². The molecule has 3 fully saturated rings. The summed E-state index contributed by atoms with van der Waals surface area (Å²) in [5.74, 6) is -0.271. The second kappa shape index (κ2) is 56.3. The highest BCUT2D eigenvalue weighted by molar-refractivity contribution is 5.76. The third-order valence-electron chi connectivity index (χ3n) is 19.6. The van der Waals surface area contributed by atoms with Gasteiger partial charge in [0.1, 0.15) is 73.2 Å². The highest BCUT2D eigenvalue weighted by Gasteiger charge is 2.53. The van der Waals surface area contributed by atoms with Gasteiger partial charge in [0.05, 0.1) is 38.6 Å². The van der Waals surface area contributed by atoms with Crippen molar-refractivity contribution in [3.8, 4) is 0 Å². The molecule has 550 valence electrons. The van der Waals surface area contributed by atoms with Crippen molar-refractivity contribution in [1.82, 2.24) is 5.32 Å². The number of ether oxygens (including phenoxy) is 6. The average molecular weight is 1330 g/mol. The largest absolute Gasteiger partial charge is 0.394 e. The minimum absolute atomic E-state index is 0.249. The number of allylic oxidation sites excluding steroid dienone is 1. The summed E-state index contributed by atoms with van der Waals surface area (Å²) in [6.45, 7) is 1.74. The molecule has 0 aromatic carbocycles. The molecule has 0 aliphatic carbocycles. The van der Waals surface area contributed by atoms with E-state index in [1.54, 1.807) is 6.08 Å². The van der Waals surface area contributed by atoms with Crippen molar-refractivity contribution in [2.75, 3.05) is 26.4 Å². The van der Waals surface area contributed by atoms with Crippen molar-refractivity contribution < 1.29 is 89.4 Å². The molecule has 3 rings (SSSR count). The maximum absolute atomic E-state index is 13.4. The Morgan fingerprint density at radius 1 is 0.376 bits per heavy atom. The van der Waals surface area contributed by atoms with Crippen LogP contribution in [0.3, 0.4) is 0 Å². The van der Waals surface area contributed by atoms with E-state index in [4.69, 9.17) is 28.4 Å². The average Bonchev–Trinajstić information content (AvgIpc) is 0.803. The van der Waals surface area contributed by atoms with Gasteiger partial charge in [-0.15, -0.1) is 0 Å². The van der Waals surface area contributed by atoms with E-state index in [0.29, 0.717) is 6.42 Å². The standard InChI is InChI=1S/C74H141NO18/c1-3-5-7-9-11-13-15-16-17-18-19-20-21-22-23-24-25-26-27-28-29-30-31-32-33-34-35-36-37-38-39-40-41-42-44-46-48-50-52-62(80)75-57(58(79)51-49-47-45-43-14-12-10-8-6-4-2)56-88-72-68(86)65(83)70(60(54-77)90-72)93-74-69(87)66(84)71(61(55-78)91-74)92-73-67(85)64(82)63(81)59(53-76)89-73/h49,51,57-61,63-74,76-79,81-87H,3-48,50,52-56H2,1-2H3,(H,75,80)/b51-49+. The topological polar surface area (TPSA) is 307 Å². The third-order valence-corrected chi connectivity index (χ3v) is 19.6. The van der Waals surface area contributed by atoms with E-state index in [1.165, 1.54) is 250 Å². The van der Waals surface area contributed by atoms with E-state index in [9.17, 15) is 61.0 Å². The Balaban J connectivity index is 1.26. The number of carbonyl (C=O) groups excluding carboxylic acids is 1. The lowest BCUT2D eigenvalue weighted by Gasteiger charge is -2.48. The molecule has 3 aliphatic heterocycles. The molecular weight excluding hydrogens is 1190 g/mol. The maximum Gasteiger partial charge on any atom is 0.220 e. The fraction of sp³-hybridized carbons (Fsp3) is 0.959. The molecule has 12 N–H and O–H groups in total. The minimum Gasteiger partial charge on any atom is -0.394 e. The number of amides is 1. The summed E-state index contributed by atoms with van der Waals surface area (Å²) in [7, 11) is 0. The summed E-state index contributed by atoms with van der Waals surface area (Å²) in [4.78, 5) is 13.4. The quantitative estimate of drug-likeness (QED) is 0.0199. The van der Waals surface area contributed by atoms with Crippen LogP contribution in [-0.4, -0.2) is 193 Å². The molecule has 0 spiro atoms. The van der Waals surface area contributed by atoms with Crippen molar-refractivity contribution >= 4 is 5.91 Å². The predicted octanol–water partition coefficient (Wildman–Crippen LogP) is 11.6. The van der Waals surface area contributed by atoms with E-state index in [2.05, 4.69) is 19.2 Å². The second-order valence-electron chi connectivity index (χ2n) is 27.8. The van der Waals surface area contributed by atoms with Crippen LogP contribution in [0.25, 0.3) is 0 Å². The minimum atomic E-state index is -1.98. The first-order valence-electron chi connectivity index (χ1n) is 38.4. The number of hydrogen-bond acceptors (Lipinski definition) is 18. The molecule has 0 aromatic rings. The van der Waals surface area contributed by atoms with Crippen LogP contribution >= 0.6 is 0 Å². The molecule has 19 nitrogen and oxygen atoms in total. The highest BCUT2D eigenvalue weighted by atomic mass is 16.8. The van der Waals surface area contributed by atoms with E-state index in [-0.39, 0.29) is 18.9 Å². The van der Waals surface area contributed by atoms with Gasteiger partial charge in [-0.3, -0.25) is 4.79 Å². The monoisotopic (exact) mass is 1330 g/mol. The molecule has 17 unspecified atom stereocenters. The van der Waals surface area contributed by atoms with Gasteiger partial charge in [-0.1, -0.05) is 309 Å². The molecule has 93 heavy (non-hydrogen) atoms. The van der Waals surface area contributed by atoms with Crippen molar-refractivity contribution in [1.29, 1.82) is 0 Å². The molecule has 0 aromatic heterocycles. The number of nitrogens with one attached hydrogen (secondary N) is 1. The maximum atomic E-state index is 13.4. The Labute approximate surface area is 563 Å². The van der Waals surface area contributed by atoms with Crippen LogP contribution < -0.4 is 5.32 Å². The normalized spacial score (nSPS) is 27.5. The van der Waals surface area contributed by atoms with Gasteiger partial charge in [0, 0.05) is 6.42 Å². The lowest BCUT2D eigenvalue weighted by atomic mass is 9.96. The first kappa shape index (κ1) is 85.8. The lowest BCUT2D eigenvalue weighted by Crippen LogP contribution is -2.66. The van der Waals surface area contributed by atoms with Crippen LogP contribution in [0.1, 0.15) is 322 Å². The smallest absolute Gasteiger partial charge is 0.220 e. The van der Waals surface area contributed by atoms with E-state index in [1.807, 2.05) is 6.08 Å². The fourth-order valence-corrected chi connectivity index (χ4v) is 13.4. The zero-order chi connectivity index (χ0) is 67.5. The number of unbranched alkanes of at least 4 members (excludes halogenated alkanes) is 45. The Bertz CT molecular complexity index is 1730. The molecule has 3 aliphatic rings. The van der Waals surface area contributed by atoms with Crippen LogP contribution in [0.4, 0.5) is 0 Å². The van der Waals surface area contributed by atoms with Crippen molar-refractivity contribution in [3.63, 3.8) is 0 Å². The Kier molecular flexibility index (Phi) is 51.9. The highest BCUT2D eigenvalue weighted by Crippen LogP contribution is 2.33. The Morgan fingerprint density at radius 3 is 1.01 bits per heavy atom. The van der Waals surface area contributed by atoms with Gasteiger partial charge >= 0.3 is 0 Å². The zero-order valence-electron chi connectivity index (χ0n) is 58.5. The number of hydrogen-bond donors (Lipinski definition) is 12. The Hall–Kier alpha value is -1.47. The zero-order valence-corrected chi connectivity index (χ0v) is 58.5. The Morgan fingerprint density at radius 2 is 0.667 bits per heavy atom. The molecule has 17 atom stereocenters. The lowest BCUT2D eigenvalue weighted by molar-refractivity contribution is -0.379. The summed E-state index contributed by atoms with van der Waals surface area (Å²) in [5, 5.41) is 120. The third kappa shape index (κ3) is 37.5. The van der Waals surface area contributed by atoms with Gasteiger partial charge in [-0.2, -0.15) is 0 Å². The van der Waals surface area contributed by atoms with Gasteiger partial charge in [0.15, 0.2) is 18.9 Å². The number of carbonyl (C=O) groups is 1. The van der Waals surface area contributed by atoms with E-state index < -0.39 is 124 Å². The van der Waals surface area contributed by atoms with Gasteiger partial charge in [0.25, 0.3) is 0 Å². The SMILES string of the molecule is CCCCCCCCCC/C=C/C(O)C(COC1OC(CO)C(OC2OC(CO)C(OC3OC(CO)C(O)C(O)C3O)C(O)C2O)C(O)C1O)NC(=O)CCCCCCCCCCCCCCCCCCCCCCCCCCCCCCCCCCCCCCCC. The molecular formula is C74H141NO18. The summed E-state index contributed by atoms with van der Waals surface area (Å²) in [6.07, 6.45) is 38.4. The van der Waals surface area contributed by atoms with Crippen LogP contribution in [-0.2, 0) is 33.2 Å². The molecule has 0 radical (unpaired) electrons. The number of aliphatic hydroxyl groups is 11. The van der Waals surface area contributed by atoms with Crippen molar-refractivity contribution in [2.24, 2.45) is 0 Å². The molecule has 3 heterocycles. The molecule has 0 saturated carbocycles. The van der Waals surface area contributed by atoms with E-state index in [0.717, 1.165) is 44.9 Å². The van der Waals surface area contributed by atoms with Crippen LogP contribution in [0.2, 0.25) is 0 Å². The summed E-state index contributed by atoms with van der Waals surface area (Å²) in [6, 6.07) is -0.967. The first-order valence-corrected chi connectivity index (χ1v) is 38.4. The number of aliphatic hydroxyl groups excluding tert-OH is 11. The molecule has 19 heteroatoms. The molecule has 1 amide bonds. The summed E-state index contributed by atoms with van der Waals surface area (Å²) >= 11 is 0. The summed E-state index contributed by atoms with van der Waals surface area (Å²) in [5.41, 5.74) is 0. The summed E-state index contributed by atoms with van der Waals surface area (Å²) < 4.78 is 34.3. The van der Waals surface area contributed by atoms with Gasteiger partial charge < -0.3 is 89.9 Å². The van der Waals surface area contributed by atoms with Crippen LogP contribution in [0.5, 0.6) is 0 Å². The molecule has 3 saturated heterocycles. The first-order chi connectivity index (χ1) is 45.3. The van der Waals surface area contributed by atoms with Crippen molar-refractivity contribution in [3.05, 3.63) is 12.2 Å². The predicted molar refractivity (Wildman–Crippen MR) is 365 cm³/mol. The van der Waals surface area contributed by atoms with E-state index >= 15 is 0 Å². The van der Waals surface area contributed by atoms with Gasteiger partial charge in [-0.25, -0.2) is 0 Å². The van der Waals surface area contributed by atoms with Gasteiger partial charge in [-0.05, 0) is 19.3 Å². The number of rotatable bonds is 61. The van der Waals surface area contributed by atoms with Crippen LogP contribution in [0.15, 0.2) is 12.2 Å². The molecule has 0 bridgehead atoms. The van der Waals surface area contributed by atoms with Crippen molar-refractivity contribution in [2.45, 2.75) is 426 Å². The fourth-order valence-electron chi connectivity index (χ4n) is 13.4. The van der Waals surface area contributed by atoms with Gasteiger partial charge in [0.2, 0.25) is 5.91 Å². The second-order valence-corrected chi connectivity index (χ2v) is 27.8.